The monoisotopic (exact) mass is 909 g/mol. The summed E-state index contributed by atoms with van der Waals surface area (Å²) in [5.41, 5.74) is 4.79. The molecule has 0 amide bonds. The maximum Gasteiger partial charge on any atom is 0.257 e. The first-order valence-electron chi connectivity index (χ1n) is 27.2. The normalized spacial score (nSPS) is 11.4. The lowest BCUT2D eigenvalue weighted by Gasteiger charge is -2.25. The molecule has 7 heteroatoms. The van der Waals surface area contributed by atoms with Crippen molar-refractivity contribution in [3.8, 4) is 23.5 Å². The van der Waals surface area contributed by atoms with Crippen LogP contribution < -0.4 is 9.47 Å². The molecule has 368 valence electrons. The van der Waals surface area contributed by atoms with E-state index in [9.17, 15) is 13.0 Å². The van der Waals surface area contributed by atoms with Crippen molar-refractivity contribution < 1.29 is 21.7 Å². The van der Waals surface area contributed by atoms with E-state index in [1.807, 2.05) is 0 Å². The predicted octanol–water partition coefficient (Wildman–Crippen LogP) is 17.0. The second kappa shape index (κ2) is 43.2. The standard InChI is InChI=1S/C55H95N2.C2H6O4S/c1-5-9-11-13-15-17-19-21-23-25-27-29-31-33-35-37-39-41-48-57(55-45-43-52(44-46-55)53-47-50-56(8-4)54(7-3)51-53)49-42-40-38-36-34-32-30-28-26-24-22-20-18-16-14-12-10-6-2;1-2-6-7(3,4)5/h3,43-47,50-51H,5-6,8-42,48-49H2,1-2,4H3;2H2,1H3,(H,3,4,5)/q+1;/p-1. The van der Waals surface area contributed by atoms with Crippen LogP contribution in [0, 0.1) is 12.3 Å². The van der Waals surface area contributed by atoms with Gasteiger partial charge in [0.15, 0.2) is 6.20 Å². The molecule has 0 unspecified atom stereocenters. The minimum atomic E-state index is -4.42. The second-order valence-electron chi connectivity index (χ2n) is 18.6. The van der Waals surface area contributed by atoms with Crippen molar-refractivity contribution >= 4 is 16.1 Å². The Morgan fingerprint density at radius 1 is 0.500 bits per heavy atom. The molecule has 64 heavy (non-hydrogen) atoms. The average Bonchev–Trinajstić information content (AvgIpc) is 3.29. The summed E-state index contributed by atoms with van der Waals surface area (Å²) in [5, 5.41) is 0. The van der Waals surface area contributed by atoms with Crippen LogP contribution in [-0.4, -0.2) is 32.7 Å². The molecule has 0 N–H and O–H groups in total. The molecule has 0 aliphatic carbocycles. The molecule has 0 saturated heterocycles. The number of anilines is 1. The molecular formula is C57H100N2O4S. The highest BCUT2D eigenvalue weighted by molar-refractivity contribution is 7.80. The van der Waals surface area contributed by atoms with E-state index in [-0.39, 0.29) is 6.61 Å². The van der Waals surface area contributed by atoms with Gasteiger partial charge in [-0.3, -0.25) is 4.18 Å². The van der Waals surface area contributed by atoms with Crippen molar-refractivity contribution in [2.45, 2.75) is 265 Å². The molecule has 0 fully saturated rings. The number of terminal acetylenes is 1. The summed E-state index contributed by atoms with van der Waals surface area (Å²) in [5.74, 6) is 2.87. The summed E-state index contributed by atoms with van der Waals surface area (Å²) in [4.78, 5) is 2.69. The van der Waals surface area contributed by atoms with E-state index in [0.717, 1.165) is 12.2 Å². The Bertz CT molecular complexity index is 1430. The van der Waals surface area contributed by atoms with Gasteiger partial charge in [-0.05, 0) is 55.9 Å². The van der Waals surface area contributed by atoms with Gasteiger partial charge in [0.1, 0.15) is 6.54 Å². The molecule has 6 nitrogen and oxygen atoms in total. The van der Waals surface area contributed by atoms with Gasteiger partial charge >= 0.3 is 0 Å². The Balaban J connectivity index is 0.00000269. The molecule has 1 aromatic heterocycles. The van der Waals surface area contributed by atoms with Crippen LogP contribution >= 0.6 is 0 Å². The molecule has 1 aromatic carbocycles. The van der Waals surface area contributed by atoms with Crippen LogP contribution in [0.15, 0.2) is 42.6 Å². The lowest BCUT2D eigenvalue weighted by molar-refractivity contribution is -0.695. The van der Waals surface area contributed by atoms with Crippen LogP contribution in [0.5, 0.6) is 0 Å². The first-order chi connectivity index (χ1) is 31.3. The number of aromatic nitrogens is 1. The largest absolute Gasteiger partial charge is 0.726 e. The van der Waals surface area contributed by atoms with Gasteiger partial charge in [-0.15, -0.1) is 6.42 Å². The Kier molecular flexibility index (Phi) is 40.2. The van der Waals surface area contributed by atoms with Gasteiger partial charge in [0.25, 0.3) is 5.69 Å². The summed E-state index contributed by atoms with van der Waals surface area (Å²) in [6.07, 6.45) is 59.5. The van der Waals surface area contributed by atoms with E-state index in [4.69, 9.17) is 6.42 Å². The SMILES string of the molecule is C#Cc1cc(-c2ccc(N(CCCCCCCCCCCCCCCCCCCC)CCCCCCCCCCCCCCCCCCCC)cc2)cc[n+]1CC.CCOS(=O)(=O)[O-]. The topological polar surface area (TPSA) is 73.5 Å². The number of benzene rings is 1. The van der Waals surface area contributed by atoms with Gasteiger partial charge in [-0.2, -0.15) is 4.57 Å². The van der Waals surface area contributed by atoms with Gasteiger partial charge in [0, 0.05) is 30.9 Å². The Hall–Kier alpha value is -2.40. The minimum absolute atomic E-state index is 0.0914. The van der Waals surface area contributed by atoms with Crippen LogP contribution in [0.4, 0.5) is 5.69 Å². The van der Waals surface area contributed by atoms with Crippen LogP contribution in [-0.2, 0) is 21.1 Å². The Morgan fingerprint density at radius 3 is 1.09 bits per heavy atom. The smallest absolute Gasteiger partial charge is 0.257 e. The van der Waals surface area contributed by atoms with E-state index in [0.29, 0.717) is 0 Å². The fraction of sp³-hybridized carbons (Fsp3) is 0.772. The molecule has 0 bridgehead atoms. The van der Waals surface area contributed by atoms with Crippen molar-refractivity contribution in [1.82, 2.24) is 0 Å². The lowest BCUT2D eigenvalue weighted by atomic mass is 10.0. The minimum Gasteiger partial charge on any atom is -0.726 e. The predicted molar refractivity (Wildman–Crippen MR) is 277 cm³/mol. The van der Waals surface area contributed by atoms with Crippen molar-refractivity contribution in [1.29, 1.82) is 0 Å². The number of unbranched alkanes of at least 4 members (excludes halogenated alkanes) is 34. The van der Waals surface area contributed by atoms with Crippen LogP contribution in [0.3, 0.4) is 0 Å². The average molecular weight is 910 g/mol. The maximum atomic E-state index is 9.45. The van der Waals surface area contributed by atoms with Crippen LogP contribution in [0.25, 0.3) is 11.1 Å². The quantitative estimate of drug-likeness (QED) is 0.0218. The molecule has 0 atom stereocenters. The maximum absolute atomic E-state index is 9.45. The van der Waals surface area contributed by atoms with E-state index >= 15 is 0 Å². The van der Waals surface area contributed by atoms with Crippen molar-refractivity contribution in [2.24, 2.45) is 0 Å². The summed E-state index contributed by atoms with van der Waals surface area (Å²) in [6.45, 7) is 11.4. The van der Waals surface area contributed by atoms with Crippen LogP contribution in [0.2, 0.25) is 0 Å². The molecular weight excluding hydrogens is 809 g/mol. The Labute approximate surface area is 397 Å². The number of nitrogens with zero attached hydrogens (tertiary/aromatic N) is 2. The summed E-state index contributed by atoms with van der Waals surface area (Å²) >= 11 is 0. The lowest BCUT2D eigenvalue weighted by Crippen LogP contribution is -2.35. The zero-order chi connectivity index (χ0) is 46.6. The van der Waals surface area contributed by atoms with E-state index in [2.05, 4.69) is 82.9 Å². The van der Waals surface area contributed by atoms with Crippen LogP contribution in [0.1, 0.15) is 265 Å². The van der Waals surface area contributed by atoms with Gasteiger partial charge in [0.05, 0.1) is 6.61 Å². The van der Waals surface area contributed by atoms with Gasteiger partial charge < -0.3 is 9.45 Å². The number of hydrogen-bond acceptors (Lipinski definition) is 5. The molecule has 2 aromatic rings. The van der Waals surface area contributed by atoms with E-state index in [1.54, 1.807) is 0 Å². The van der Waals surface area contributed by atoms with Gasteiger partial charge in [0.2, 0.25) is 10.4 Å². The van der Waals surface area contributed by atoms with E-state index < -0.39 is 10.4 Å². The third-order valence-corrected chi connectivity index (χ3v) is 13.4. The molecule has 0 aliphatic rings. The number of rotatable bonds is 43. The highest BCUT2D eigenvalue weighted by Crippen LogP contribution is 2.25. The van der Waals surface area contributed by atoms with E-state index in [1.165, 1.54) is 268 Å². The highest BCUT2D eigenvalue weighted by Gasteiger charge is 2.11. The molecule has 0 radical (unpaired) electrons. The highest BCUT2D eigenvalue weighted by atomic mass is 32.3. The number of pyridine rings is 1. The van der Waals surface area contributed by atoms with Crippen molar-refractivity contribution in [3.05, 3.63) is 48.3 Å². The number of aryl methyl sites for hydroxylation is 1. The molecule has 0 saturated carbocycles. The second-order valence-corrected chi connectivity index (χ2v) is 19.7. The molecule has 0 spiro atoms. The van der Waals surface area contributed by atoms with Crippen molar-refractivity contribution in [3.63, 3.8) is 0 Å². The van der Waals surface area contributed by atoms with Gasteiger partial charge in [-0.25, -0.2) is 8.42 Å². The fourth-order valence-corrected chi connectivity index (χ4v) is 9.19. The fourth-order valence-electron chi connectivity index (χ4n) is 8.90. The number of hydrogen-bond donors (Lipinski definition) is 0. The first-order valence-corrected chi connectivity index (χ1v) is 28.6. The summed E-state index contributed by atoms with van der Waals surface area (Å²) < 4.78 is 34.1. The first kappa shape index (κ1) is 59.6. The molecule has 0 aliphatic heterocycles. The molecule has 1 heterocycles. The Morgan fingerprint density at radius 2 is 0.828 bits per heavy atom. The van der Waals surface area contributed by atoms with Crippen molar-refractivity contribution in [2.75, 3.05) is 24.6 Å². The summed E-state index contributed by atoms with van der Waals surface area (Å²) in [7, 11) is -4.42. The third-order valence-electron chi connectivity index (χ3n) is 12.9. The molecule has 2 rings (SSSR count). The zero-order valence-corrected chi connectivity index (χ0v) is 43.2. The summed E-state index contributed by atoms with van der Waals surface area (Å²) in [6, 6.07) is 13.7. The zero-order valence-electron chi connectivity index (χ0n) is 42.3. The third kappa shape index (κ3) is 34.9. The van der Waals surface area contributed by atoms with Gasteiger partial charge in [-0.1, -0.05) is 244 Å².